The fourth-order valence-corrected chi connectivity index (χ4v) is 1.10. The van der Waals surface area contributed by atoms with Crippen LogP contribution >= 0.6 is 0 Å². The van der Waals surface area contributed by atoms with E-state index in [1.807, 2.05) is 0 Å². The van der Waals surface area contributed by atoms with Gasteiger partial charge in [0.15, 0.2) is 0 Å². The van der Waals surface area contributed by atoms with Gasteiger partial charge in [-0.15, -0.1) is 0 Å². The van der Waals surface area contributed by atoms with E-state index in [2.05, 4.69) is 20.8 Å². The third-order valence-electron chi connectivity index (χ3n) is 1.81. The second-order valence-corrected chi connectivity index (χ2v) is 4.98. The van der Waals surface area contributed by atoms with Crippen LogP contribution in [0.3, 0.4) is 0 Å². The van der Waals surface area contributed by atoms with Crippen LogP contribution in [-0.2, 0) is 31.3 Å². The monoisotopic (exact) mass is 278 g/mol. The minimum absolute atomic E-state index is 0. The van der Waals surface area contributed by atoms with Crippen LogP contribution in [-0.4, -0.2) is 11.9 Å². The summed E-state index contributed by atoms with van der Waals surface area (Å²) in [6, 6.07) is 0. The third-order valence-corrected chi connectivity index (χ3v) is 1.81. The van der Waals surface area contributed by atoms with Crippen molar-refractivity contribution in [1.29, 1.82) is 0 Å². The topological polar surface area (TPSA) is 80.3 Å². The molecule has 0 aliphatic carbocycles. The molecule has 4 nitrogen and oxygen atoms in total. The van der Waals surface area contributed by atoms with Crippen molar-refractivity contribution in [3.05, 3.63) is 0 Å². The summed E-state index contributed by atoms with van der Waals surface area (Å²) in [5.41, 5.74) is 0.376. The summed E-state index contributed by atoms with van der Waals surface area (Å²) in [6.07, 6.45) is 4.27. The average Bonchev–Trinajstić information content (AvgIpc) is 1.99. The second-order valence-electron chi connectivity index (χ2n) is 4.98. The number of rotatable bonds is 5. The molecule has 0 saturated carbocycles. The van der Waals surface area contributed by atoms with Crippen molar-refractivity contribution in [3.63, 3.8) is 0 Å². The van der Waals surface area contributed by atoms with Gasteiger partial charge in [-0.2, -0.15) is 0 Å². The number of carbonyl (C=O) groups is 2. The molecule has 5 heteroatoms. The van der Waals surface area contributed by atoms with Crippen LogP contribution in [0.15, 0.2) is 0 Å². The van der Waals surface area contributed by atoms with Gasteiger partial charge in [-0.3, -0.25) is 0 Å². The van der Waals surface area contributed by atoms with Crippen molar-refractivity contribution in [2.45, 2.75) is 59.8 Å². The van der Waals surface area contributed by atoms with Crippen molar-refractivity contribution in [3.8, 4) is 0 Å². The molecule has 0 aromatic rings. The Morgan fingerprint density at radius 1 is 1.00 bits per heavy atom. The van der Waals surface area contributed by atoms with E-state index in [1.165, 1.54) is 6.42 Å². The Bertz CT molecular complexity index is 205. The molecule has 0 atom stereocenters. The Morgan fingerprint density at radius 2 is 1.41 bits per heavy atom. The molecule has 0 heterocycles. The zero-order chi connectivity index (χ0) is 13.2. The first-order chi connectivity index (χ1) is 7.15. The molecule has 0 rings (SSSR count). The molecule has 0 saturated heterocycles. The first-order valence-corrected chi connectivity index (χ1v) is 5.52. The van der Waals surface area contributed by atoms with Crippen LogP contribution < -0.4 is 10.2 Å². The maximum Gasteiger partial charge on any atom is 2.00 e. The smallest absolute Gasteiger partial charge is 0.550 e. The molecule has 0 aromatic carbocycles. The third kappa shape index (κ3) is 39.0. The summed E-state index contributed by atoms with van der Waals surface area (Å²) in [5.74, 6) is -2.01. The average molecular weight is 278 g/mol. The first kappa shape index (κ1) is 21.9. The van der Waals surface area contributed by atoms with Gasteiger partial charge in [0.1, 0.15) is 0 Å². The van der Waals surface area contributed by atoms with Gasteiger partial charge in [-0.25, -0.2) is 0 Å². The van der Waals surface area contributed by atoms with E-state index in [1.54, 1.807) is 0 Å². The second kappa shape index (κ2) is 12.1. The summed E-state index contributed by atoms with van der Waals surface area (Å²) < 4.78 is 0. The van der Waals surface area contributed by atoms with Gasteiger partial charge in [0.25, 0.3) is 0 Å². The molecular formula is C12H22O4Ti. The Labute approximate surface area is 119 Å². The summed E-state index contributed by atoms with van der Waals surface area (Å²) in [4.78, 5) is 18.9. The van der Waals surface area contributed by atoms with Crippen molar-refractivity contribution in [1.82, 2.24) is 0 Å². The number of unbranched alkanes of at least 4 members (excludes halogenated alkanes) is 2. The number of carboxylic acid groups (broad SMARTS) is 2. The molecule has 0 aliphatic heterocycles. The quantitative estimate of drug-likeness (QED) is 0.541. The normalized spacial score (nSPS) is 9.65. The van der Waals surface area contributed by atoms with E-state index in [9.17, 15) is 9.90 Å². The van der Waals surface area contributed by atoms with Gasteiger partial charge >= 0.3 is 21.7 Å². The van der Waals surface area contributed by atoms with Crippen LogP contribution in [0.2, 0.25) is 0 Å². The predicted octanol–water partition coefficient (Wildman–Crippen LogP) is 0.487. The molecule has 0 bridgehead atoms. The van der Waals surface area contributed by atoms with E-state index in [-0.39, 0.29) is 28.1 Å². The summed E-state index contributed by atoms with van der Waals surface area (Å²) in [6.45, 7) is 7.57. The van der Waals surface area contributed by atoms with E-state index in [0.29, 0.717) is 5.41 Å². The van der Waals surface area contributed by atoms with Gasteiger partial charge in [-0.05, 0) is 31.6 Å². The molecule has 17 heavy (non-hydrogen) atoms. The van der Waals surface area contributed by atoms with Gasteiger partial charge in [0, 0.05) is 11.9 Å². The summed E-state index contributed by atoms with van der Waals surface area (Å²) >= 11 is 0. The minimum atomic E-state index is -1.08. The zero-order valence-electron chi connectivity index (χ0n) is 11.2. The maximum absolute atomic E-state index is 10.0. The van der Waals surface area contributed by atoms with Crippen molar-refractivity contribution >= 4 is 11.9 Å². The van der Waals surface area contributed by atoms with E-state index in [4.69, 9.17) is 9.90 Å². The van der Waals surface area contributed by atoms with Gasteiger partial charge < -0.3 is 19.8 Å². The van der Waals surface area contributed by atoms with E-state index >= 15 is 0 Å². The van der Waals surface area contributed by atoms with Crippen LogP contribution in [0, 0.1) is 5.41 Å². The van der Waals surface area contributed by atoms with Crippen molar-refractivity contribution in [2.75, 3.05) is 0 Å². The minimum Gasteiger partial charge on any atom is -0.550 e. The largest absolute Gasteiger partial charge is 2.00 e. The maximum atomic E-state index is 10.0. The Morgan fingerprint density at radius 3 is 1.71 bits per heavy atom. The number of hydrogen-bond donors (Lipinski definition) is 0. The Hall–Kier alpha value is -0.346. The van der Waals surface area contributed by atoms with Crippen LogP contribution in [0.4, 0.5) is 0 Å². The molecule has 0 aliphatic rings. The molecule has 0 fully saturated rings. The Kier molecular flexibility index (Phi) is 15.6. The first-order valence-electron chi connectivity index (χ1n) is 5.52. The number of aliphatic carboxylic acids is 2. The van der Waals surface area contributed by atoms with Gasteiger partial charge in [-0.1, -0.05) is 33.6 Å². The zero-order valence-corrected chi connectivity index (χ0v) is 12.7. The molecule has 0 spiro atoms. The predicted molar refractivity (Wildman–Crippen MR) is 58.2 cm³/mol. The van der Waals surface area contributed by atoms with Gasteiger partial charge in [0.05, 0.1) is 0 Å². The SMILES string of the molecule is CC(=O)[O-].CC(C)(C)CCCCCC(=O)[O-].[Ti+2]. The summed E-state index contributed by atoms with van der Waals surface area (Å²) in [5, 5.41) is 18.9. The molecule has 0 aromatic heterocycles. The fourth-order valence-electron chi connectivity index (χ4n) is 1.10. The Balaban J connectivity index is -0.000000340. The van der Waals surface area contributed by atoms with Crippen LogP contribution in [0.25, 0.3) is 0 Å². The number of hydrogen-bond acceptors (Lipinski definition) is 4. The summed E-state index contributed by atoms with van der Waals surface area (Å²) in [7, 11) is 0. The van der Waals surface area contributed by atoms with Crippen molar-refractivity contribution in [2.24, 2.45) is 5.41 Å². The molecule has 98 valence electrons. The van der Waals surface area contributed by atoms with E-state index in [0.717, 1.165) is 26.2 Å². The van der Waals surface area contributed by atoms with E-state index < -0.39 is 11.9 Å². The van der Waals surface area contributed by atoms with Crippen LogP contribution in [0.1, 0.15) is 59.8 Å². The molecule has 0 amide bonds. The fraction of sp³-hybridized carbons (Fsp3) is 0.833. The number of carbonyl (C=O) groups excluding carboxylic acids is 2. The standard InChI is InChI=1S/C10H20O2.C2H4O2.Ti/c1-10(2,3)8-6-4-5-7-9(11)12;1-2(3)4;/h4-8H2,1-3H3,(H,11,12);1H3,(H,3,4);/q;;+2/p-2. The molecule has 0 N–H and O–H groups in total. The van der Waals surface area contributed by atoms with Crippen molar-refractivity contribution < 1.29 is 41.5 Å². The van der Waals surface area contributed by atoms with Gasteiger partial charge in [0.2, 0.25) is 0 Å². The molecule has 0 radical (unpaired) electrons. The van der Waals surface area contributed by atoms with Crippen LogP contribution in [0.5, 0.6) is 0 Å². The number of carboxylic acids is 2. The molecular weight excluding hydrogens is 256 g/mol. The molecule has 0 unspecified atom stereocenters.